The molecule has 1 unspecified atom stereocenters. The van der Waals surface area contributed by atoms with Crippen LogP contribution in [0.5, 0.6) is 11.5 Å². The maximum atomic E-state index is 6.13. The molecule has 0 saturated carbocycles. The second-order valence-electron chi connectivity index (χ2n) is 5.00. The van der Waals surface area contributed by atoms with Gasteiger partial charge < -0.3 is 10.5 Å². The Morgan fingerprint density at radius 2 is 1.90 bits per heavy atom. The second kappa shape index (κ2) is 6.78. The van der Waals surface area contributed by atoms with Gasteiger partial charge in [-0.2, -0.15) is 0 Å². The number of halogens is 1. The molecule has 0 heterocycles. The summed E-state index contributed by atoms with van der Waals surface area (Å²) in [6.45, 7) is 4.07. The molecule has 0 radical (unpaired) electrons. The largest absolute Gasteiger partial charge is 0.457 e. The van der Waals surface area contributed by atoms with E-state index in [2.05, 4.69) is 13.0 Å². The number of rotatable bonds is 5. The second-order valence-corrected chi connectivity index (χ2v) is 5.41. The lowest BCUT2D eigenvalue weighted by atomic mass is 10.1. The first-order valence-corrected chi connectivity index (χ1v) is 7.27. The van der Waals surface area contributed by atoms with Gasteiger partial charge in [0.25, 0.3) is 0 Å². The fraction of sp³-hybridized carbons (Fsp3) is 0.294. The number of benzene rings is 2. The van der Waals surface area contributed by atoms with Crippen LogP contribution in [0, 0.1) is 0 Å². The first-order chi connectivity index (χ1) is 9.60. The lowest BCUT2D eigenvalue weighted by molar-refractivity contribution is 0.473. The minimum Gasteiger partial charge on any atom is -0.457 e. The molecule has 106 valence electrons. The molecule has 2 rings (SSSR count). The lowest BCUT2D eigenvalue weighted by Crippen LogP contribution is -2.18. The number of aryl methyl sites for hydroxylation is 1. The van der Waals surface area contributed by atoms with Crippen molar-refractivity contribution in [3.05, 3.63) is 58.6 Å². The van der Waals surface area contributed by atoms with Gasteiger partial charge in [0.2, 0.25) is 0 Å². The molecule has 0 aliphatic carbocycles. The number of nitrogens with two attached hydrogens (primary N) is 1. The standard InChI is InChI=1S/C17H20ClNO/c1-3-13-11-15(8-9-16(13)18)20-17-7-5-4-6-14(17)10-12(2)19/h4-9,11-12H,3,10,19H2,1-2H3. The minimum absolute atomic E-state index is 0.108. The zero-order valence-electron chi connectivity index (χ0n) is 11.9. The van der Waals surface area contributed by atoms with E-state index in [0.29, 0.717) is 0 Å². The van der Waals surface area contributed by atoms with Crippen molar-refractivity contribution >= 4 is 11.6 Å². The molecule has 0 fully saturated rings. The molecule has 0 spiro atoms. The highest BCUT2D eigenvalue weighted by molar-refractivity contribution is 6.31. The van der Waals surface area contributed by atoms with E-state index in [9.17, 15) is 0 Å². The Bertz CT molecular complexity index is 581. The summed E-state index contributed by atoms with van der Waals surface area (Å²) in [5.74, 6) is 1.66. The molecule has 2 aromatic rings. The summed E-state index contributed by atoms with van der Waals surface area (Å²) in [6.07, 6.45) is 1.68. The third-order valence-electron chi connectivity index (χ3n) is 3.14. The van der Waals surface area contributed by atoms with Crippen LogP contribution in [0.4, 0.5) is 0 Å². The van der Waals surface area contributed by atoms with E-state index < -0.39 is 0 Å². The molecule has 0 aromatic heterocycles. The minimum atomic E-state index is 0.108. The average Bonchev–Trinajstić information content (AvgIpc) is 2.42. The third kappa shape index (κ3) is 3.75. The van der Waals surface area contributed by atoms with Crippen LogP contribution in [0.3, 0.4) is 0 Å². The Labute approximate surface area is 125 Å². The van der Waals surface area contributed by atoms with Crippen LogP contribution in [0.2, 0.25) is 5.02 Å². The fourth-order valence-corrected chi connectivity index (χ4v) is 2.38. The highest BCUT2D eigenvalue weighted by atomic mass is 35.5. The quantitative estimate of drug-likeness (QED) is 0.874. The van der Waals surface area contributed by atoms with Crippen molar-refractivity contribution in [3.8, 4) is 11.5 Å². The number of ether oxygens (including phenoxy) is 1. The van der Waals surface area contributed by atoms with Gasteiger partial charge in [-0.05, 0) is 55.2 Å². The van der Waals surface area contributed by atoms with Crippen molar-refractivity contribution < 1.29 is 4.74 Å². The predicted molar refractivity (Wildman–Crippen MR) is 84.7 cm³/mol. The van der Waals surface area contributed by atoms with E-state index in [1.807, 2.05) is 43.3 Å². The van der Waals surface area contributed by atoms with Crippen molar-refractivity contribution in [2.45, 2.75) is 32.7 Å². The average molecular weight is 290 g/mol. The first-order valence-electron chi connectivity index (χ1n) is 6.90. The maximum absolute atomic E-state index is 6.13. The van der Waals surface area contributed by atoms with Gasteiger partial charge in [0, 0.05) is 11.1 Å². The molecule has 0 bridgehead atoms. The van der Waals surface area contributed by atoms with Gasteiger partial charge in [-0.3, -0.25) is 0 Å². The normalized spacial score (nSPS) is 12.2. The van der Waals surface area contributed by atoms with Crippen molar-refractivity contribution in [2.24, 2.45) is 5.73 Å². The Morgan fingerprint density at radius 3 is 2.60 bits per heavy atom. The molecule has 1 atom stereocenters. The molecule has 2 N–H and O–H groups in total. The number of para-hydroxylation sites is 1. The van der Waals surface area contributed by atoms with E-state index >= 15 is 0 Å². The summed E-state index contributed by atoms with van der Waals surface area (Å²) in [5.41, 5.74) is 8.09. The molecular weight excluding hydrogens is 270 g/mol. The first kappa shape index (κ1) is 14.9. The molecule has 2 nitrogen and oxygen atoms in total. The van der Waals surface area contributed by atoms with E-state index in [1.54, 1.807) is 0 Å². The Morgan fingerprint density at radius 1 is 1.15 bits per heavy atom. The molecule has 20 heavy (non-hydrogen) atoms. The Hall–Kier alpha value is -1.51. The summed E-state index contributed by atoms with van der Waals surface area (Å²) in [6, 6.07) is 13.9. The van der Waals surface area contributed by atoms with Gasteiger partial charge in [-0.15, -0.1) is 0 Å². The molecule has 0 amide bonds. The topological polar surface area (TPSA) is 35.2 Å². The van der Waals surface area contributed by atoms with Crippen LogP contribution in [0.15, 0.2) is 42.5 Å². The SMILES string of the molecule is CCc1cc(Oc2ccccc2CC(C)N)ccc1Cl. The van der Waals surface area contributed by atoms with Crippen molar-refractivity contribution in [1.29, 1.82) is 0 Å². The van der Waals surface area contributed by atoms with Crippen molar-refractivity contribution in [1.82, 2.24) is 0 Å². The molecule has 0 saturated heterocycles. The molecule has 2 aromatic carbocycles. The van der Waals surface area contributed by atoms with Gasteiger partial charge in [-0.25, -0.2) is 0 Å². The van der Waals surface area contributed by atoms with E-state index in [0.717, 1.165) is 40.5 Å². The highest BCUT2D eigenvalue weighted by Gasteiger charge is 2.08. The van der Waals surface area contributed by atoms with Crippen LogP contribution in [-0.2, 0) is 12.8 Å². The van der Waals surface area contributed by atoms with Crippen molar-refractivity contribution in [3.63, 3.8) is 0 Å². The Balaban J connectivity index is 2.25. The van der Waals surface area contributed by atoms with Gasteiger partial charge in [0.15, 0.2) is 0 Å². The number of hydrogen-bond donors (Lipinski definition) is 1. The molecule has 0 aliphatic heterocycles. The van der Waals surface area contributed by atoms with E-state index in [1.165, 1.54) is 0 Å². The zero-order chi connectivity index (χ0) is 14.5. The number of hydrogen-bond acceptors (Lipinski definition) is 2. The van der Waals surface area contributed by atoms with Gasteiger partial charge in [0.1, 0.15) is 11.5 Å². The van der Waals surface area contributed by atoms with Crippen LogP contribution >= 0.6 is 11.6 Å². The monoisotopic (exact) mass is 289 g/mol. The van der Waals surface area contributed by atoms with Gasteiger partial charge >= 0.3 is 0 Å². The van der Waals surface area contributed by atoms with Crippen LogP contribution in [-0.4, -0.2) is 6.04 Å². The Kier molecular flexibility index (Phi) is 5.05. The summed E-state index contributed by atoms with van der Waals surface area (Å²) < 4.78 is 5.99. The third-order valence-corrected chi connectivity index (χ3v) is 3.51. The summed E-state index contributed by atoms with van der Waals surface area (Å²) >= 11 is 6.13. The fourth-order valence-electron chi connectivity index (χ4n) is 2.13. The predicted octanol–water partition coefficient (Wildman–Crippen LogP) is 4.58. The molecule has 0 aliphatic rings. The smallest absolute Gasteiger partial charge is 0.130 e. The van der Waals surface area contributed by atoms with Gasteiger partial charge in [0.05, 0.1) is 0 Å². The molecular formula is C17H20ClNO. The van der Waals surface area contributed by atoms with Crippen LogP contribution in [0.1, 0.15) is 25.0 Å². The van der Waals surface area contributed by atoms with Gasteiger partial charge in [-0.1, -0.05) is 36.7 Å². The summed E-state index contributed by atoms with van der Waals surface area (Å²) in [7, 11) is 0. The zero-order valence-corrected chi connectivity index (χ0v) is 12.7. The summed E-state index contributed by atoms with van der Waals surface area (Å²) in [4.78, 5) is 0. The molecule has 3 heteroatoms. The van der Waals surface area contributed by atoms with Crippen LogP contribution < -0.4 is 10.5 Å². The lowest BCUT2D eigenvalue weighted by Gasteiger charge is -2.13. The highest BCUT2D eigenvalue weighted by Crippen LogP contribution is 2.29. The maximum Gasteiger partial charge on any atom is 0.130 e. The summed E-state index contributed by atoms with van der Waals surface area (Å²) in [5, 5.41) is 0.781. The van der Waals surface area contributed by atoms with Crippen molar-refractivity contribution in [2.75, 3.05) is 0 Å². The van der Waals surface area contributed by atoms with Crippen LogP contribution in [0.25, 0.3) is 0 Å². The van der Waals surface area contributed by atoms with E-state index in [4.69, 9.17) is 22.1 Å². The van der Waals surface area contributed by atoms with E-state index in [-0.39, 0.29) is 6.04 Å².